The maximum Gasteiger partial charge on any atom is 0.0746 e. The SMILES string of the molecule is c1ccc(-n2c3ccccc3c3ccc(-c4cccc(-c5ccc(N(c6ccc7c8ccccc8c8ccccc8c7c6)c6cccc7c6C6(c8ccccc8-c8ccccc86)c6ccccc6-7)cc5)c4)cc32)cc1. The van der Waals surface area contributed by atoms with Gasteiger partial charge in [-0.15, -0.1) is 0 Å². The van der Waals surface area contributed by atoms with E-state index in [9.17, 15) is 0 Å². The molecule has 0 N–H and O–H groups in total. The lowest BCUT2D eigenvalue weighted by Gasteiger charge is -2.36. The molecule has 348 valence electrons. The Labute approximate surface area is 435 Å². The minimum atomic E-state index is -0.535. The van der Waals surface area contributed by atoms with Crippen molar-refractivity contribution in [3.63, 3.8) is 0 Å². The van der Waals surface area contributed by atoms with Gasteiger partial charge in [-0.2, -0.15) is 0 Å². The maximum atomic E-state index is 2.54. The largest absolute Gasteiger partial charge is 0.310 e. The Kier molecular flexibility index (Phi) is 8.99. The van der Waals surface area contributed by atoms with Gasteiger partial charge in [0.25, 0.3) is 0 Å². The fourth-order valence-corrected chi connectivity index (χ4v) is 13.5. The first-order valence-corrected chi connectivity index (χ1v) is 26.1. The van der Waals surface area contributed by atoms with Gasteiger partial charge >= 0.3 is 0 Å². The fourth-order valence-electron chi connectivity index (χ4n) is 13.5. The van der Waals surface area contributed by atoms with E-state index in [1.165, 1.54) is 115 Å². The Morgan fingerprint density at radius 2 is 0.720 bits per heavy atom. The third kappa shape index (κ3) is 5.97. The molecule has 14 aromatic rings. The van der Waals surface area contributed by atoms with E-state index in [4.69, 9.17) is 0 Å². The zero-order valence-corrected chi connectivity index (χ0v) is 41.0. The summed E-state index contributed by atoms with van der Waals surface area (Å²) in [5, 5.41) is 10.1. The maximum absolute atomic E-state index is 2.54. The molecular formula is C73H46N2. The first kappa shape index (κ1) is 41.8. The van der Waals surface area contributed by atoms with Crippen LogP contribution in [0.5, 0.6) is 0 Å². The Morgan fingerprint density at radius 1 is 0.267 bits per heavy atom. The molecule has 2 nitrogen and oxygen atoms in total. The van der Waals surface area contributed by atoms with E-state index in [-0.39, 0.29) is 0 Å². The molecule has 0 aliphatic heterocycles. The van der Waals surface area contributed by atoms with Crippen LogP contribution in [-0.4, -0.2) is 4.57 Å². The monoisotopic (exact) mass is 950 g/mol. The van der Waals surface area contributed by atoms with Crippen LogP contribution in [0.1, 0.15) is 22.3 Å². The second kappa shape index (κ2) is 16.1. The number of rotatable bonds is 6. The fraction of sp³-hybridized carbons (Fsp3) is 0.0137. The van der Waals surface area contributed by atoms with Crippen molar-refractivity contribution < 1.29 is 0 Å². The number of fused-ring (bicyclic) bond motifs is 19. The van der Waals surface area contributed by atoms with Gasteiger partial charge in [-0.3, -0.25) is 0 Å². The molecule has 0 amide bonds. The second-order valence-corrected chi connectivity index (χ2v) is 20.3. The van der Waals surface area contributed by atoms with Gasteiger partial charge in [-0.25, -0.2) is 0 Å². The average Bonchev–Trinajstić information content (AvgIpc) is 4.29. The molecule has 2 aliphatic carbocycles. The molecule has 0 atom stereocenters. The smallest absolute Gasteiger partial charge is 0.0746 e. The Balaban J connectivity index is 0.890. The second-order valence-electron chi connectivity index (χ2n) is 20.3. The summed E-state index contributed by atoms with van der Waals surface area (Å²) in [5.41, 5.74) is 21.6. The van der Waals surface area contributed by atoms with Crippen LogP contribution in [0.2, 0.25) is 0 Å². The van der Waals surface area contributed by atoms with Crippen LogP contribution in [0, 0.1) is 0 Å². The van der Waals surface area contributed by atoms with Crippen LogP contribution in [0.15, 0.2) is 279 Å². The van der Waals surface area contributed by atoms with Crippen LogP contribution >= 0.6 is 0 Å². The van der Waals surface area contributed by atoms with Gasteiger partial charge in [0.05, 0.1) is 22.1 Å². The molecule has 1 heterocycles. The summed E-state index contributed by atoms with van der Waals surface area (Å²) in [7, 11) is 0. The van der Waals surface area contributed by atoms with E-state index in [0.29, 0.717) is 0 Å². The lowest BCUT2D eigenvalue weighted by atomic mass is 9.70. The minimum absolute atomic E-state index is 0.535. The normalized spacial score (nSPS) is 12.9. The number of hydrogen-bond acceptors (Lipinski definition) is 1. The van der Waals surface area contributed by atoms with Crippen molar-refractivity contribution in [1.82, 2.24) is 4.57 Å². The molecule has 1 spiro atoms. The van der Waals surface area contributed by atoms with Crippen LogP contribution < -0.4 is 4.90 Å². The number of benzene rings is 13. The van der Waals surface area contributed by atoms with Gasteiger partial charge in [0, 0.05) is 33.4 Å². The van der Waals surface area contributed by atoms with E-state index in [1.54, 1.807) is 0 Å². The Hall–Kier alpha value is -9.76. The van der Waals surface area contributed by atoms with E-state index >= 15 is 0 Å². The molecule has 75 heavy (non-hydrogen) atoms. The van der Waals surface area contributed by atoms with Crippen LogP contribution in [0.3, 0.4) is 0 Å². The standard InChI is InChI=1S/C73H46N2/c1-2-20-51(21-3-1)75-69-34-15-11-29-62(69)63-42-38-50(45-71(63)75)49-19-16-18-48(44-49)47-36-39-52(40-37-47)74(53-41-43-58-56-24-5-4-22-54(56)55-23-6-7-25-57(55)65(58)46-53)70-35-17-30-64-61-28-10-14-33-68(61)73(72(64)70)66-31-12-8-26-59(66)60-27-9-13-32-67(60)73/h1-46H. The number of hydrogen-bond donors (Lipinski definition) is 0. The number of nitrogens with zero attached hydrogens (tertiary/aromatic N) is 2. The Morgan fingerprint density at radius 3 is 1.39 bits per heavy atom. The van der Waals surface area contributed by atoms with Gasteiger partial charge in [0.15, 0.2) is 0 Å². The molecular weight excluding hydrogens is 905 g/mol. The molecule has 16 rings (SSSR count). The number of para-hydroxylation sites is 2. The van der Waals surface area contributed by atoms with Gasteiger partial charge in [0.1, 0.15) is 0 Å². The van der Waals surface area contributed by atoms with Crippen molar-refractivity contribution in [2.24, 2.45) is 0 Å². The van der Waals surface area contributed by atoms with Crippen LogP contribution in [0.4, 0.5) is 17.1 Å². The summed E-state index contributed by atoms with van der Waals surface area (Å²) in [6.45, 7) is 0. The summed E-state index contributed by atoms with van der Waals surface area (Å²) in [4.78, 5) is 2.54. The molecule has 13 aromatic carbocycles. The molecule has 0 unspecified atom stereocenters. The quantitative estimate of drug-likeness (QED) is 0.151. The van der Waals surface area contributed by atoms with Crippen molar-refractivity contribution in [2.75, 3.05) is 4.90 Å². The van der Waals surface area contributed by atoms with Crippen LogP contribution in [0.25, 0.3) is 104 Å². The number of anilines is 3. The van der Waals surface area contributed by atoms with Crippen molar-refractivity contribution in [3.05, 3.63) is 301 Å². The third-order valence-electron chi connectivity index (χ3n) is 16.6. The molecule has 2 aliphatic rings. The molecule has 0 bridgehead atoms. The van der Waals surface area contributed by atoms with Gasteiger partial charge in [-0.1, -0.05) is 218 Å². The molecule has 0 saturated heterocycles. The van der Waals surface area contributed by atoms with E-state index in [2.05, 4.69) is 289 Å². The van der Waals surface area contributed by atoms with Crippen LogP contribution in [-0.2, 0) is 5.41 Å². The van der Waals surface area contributed by atoms with Gasteiger partial charge in [-0.05, 0) is 154 Å². The lowest BCUT2D eigenvalue weighted by molar-refractivity contribution is 0.793. The first-order valence-electron chi connectivity index (χ1n) is 26.1. The third-order valence-corrected chi connectivity index (χ3v) is 16.6. The molecule has 0 saturated carbocycles. The zero-order chi connectivity index (χ0) is 49.2. The summed E-state index contributed by atoms with van der Waals surface area (Å²) in [6.07, 6.45) is 0. The minimum Gasteiger partial charge on any atom is -0.310 e. The zero-order valence-electron chi connectivity index (χ0n) is 41.0. The van der Waals surface area contributed by atoms with E-state index in [1.807, 2.05) is 0 Å². The summed E-state index contributed by atoms with van der Waals surface area (Å²) in [5.74, 6) is 0. The summed E-state index contributed by atoms with van der Waals surface area (Å²) in [6, 6.07) is 104. The van der Waals surface area contributed by atoms with E-state index < -0.39 is 5.41 Å². The van der Waals surface area contributed by atoms with E-state index in [0.717, 1.165) is 28.3 Å². The van der Waals surface area contributed by atoms with Gasteiger partial charge < -0.3 is 9.47 Å². The highest BCUT2D eigenvalue weighted by atomic mass is 15.1. The highest BCUT2D eigenvalue weighted by Gasteiger charge is 2.53. The first-order chi connectivity index (χ1) is 37.2. The lowest BCUT2D eigenvalue weighted by Crippen LogP contribution is -2.28. The van der Waals surface area contributed by atoms with Crippen molar-refractivity contribution >= 4 is 71.2 Å². The van der Waals surface area contributed by atoms with Crippen molar-refractivity contribution in [3.8, 4) is 50.2 Å². The van der Waals surface area contributed by atoms with Crippen molar-refractivity contribution in [1.29, 1.82) is 0 Å². The summed E-state index contributed by atoms with van der Waals surface area (Å²) < 4.78 is 2.40. The topological polar surface area (TPSA) is 8.17 Å². The Bertz CT molecular complexity index is 4560. The average molecular weight is 951 g/mol. The number of aromatic nitrogens is 1. The van der Waals surface area contributed by atoms with Crippen molar-refractivity contribution in [2.45, 2.75) is 5.41 Å². The highest BCUT2D eigenvalue weighted by molar-refractivity contribution is 6.26. The molecule has 2 heteroatoms. The molecule has 0 radical (unpaired) electrons. The van der Waals surface area contributed by atoms with Gasteiger partial charge in [0.2, 0.25) is 0 Å². The predicted molar refractivity (Wildman–Crippen MR) is 315 cm³/mol. The highest BCUT2D eigenvalue weighted by Crippen LogP contribution is 2.65. The predicted octanol–water partition coefficient (Wildman–Crippen LogP) is 19.4. The summed E-state index contributed by atoms with van der Waals surface area (Å²) >= 11 is 0. The molecule has 1 aromatic heterocycles. The molecule has 0 fully saturated rings.